The van der Waals surface area contributed by atoms with Gasteiger partial charge in [0.25, 0.3) is 0 Å². The molecule has 0 aromatic carbocycles. The third-order valence-corrected chi connectivity index (χ3v) is 2.26. The van der Waals surface area contributed by atoms with Crippen molar-refractivity contribution >= 4 is 5.97 Å². The number of carbonyl (C=O) groups is 1. The van der Waals surface area contributed by atoms with Crippen LogP contribution in [-0.2, 0) is 9.53 Å². The van der Waals surface area contributed by atoms with E-state index in [2.05, 4.69) is 17.9 Å². The molecule has 0 aliphatic carbocycles. The van der Waals surface area contributed by atoms with E-state index in [4.69, 9.17) is 0 Å². The van der Waals surface area contributed by atoms with Gasteiger partial charge in [-0.25, -0.2) is 0 Å². The van der Waals surface area contributed by atoms with Gasteiger partial charge in [0.2, 0.25) is 0 Å². The van der Waals surface area contributed by atoms with Crippen molar-refractivity contribution in [2.24, 2.45) is 5.92 Å². The molecule has 0 aliphatic heterocycles. The molecule has 0 aromatic rings. The number of rotatable bonds is 6. The third-order valence-electron chi connectivity index (χ3n) is 2.26. The molecule has 0 saturated heterocycles. The Morgan fingerprint density at radius 2 is 1.93 bits per heavy atom. The van der Waals surface area contributed by atoms with Crippen LogP contribution in [0, 0.1) is 5.92 Å². The molecule has 0 heterocycles. The predicted molar refractivity (Wildman–Crippen MR) is 59.0 cm³/mol. The van der Waals surface area contributed by atoms with Crippen LogP contribution in [0.5, 0.6) is 0 Å². The summed E-state index contributed by atoms with van der Waals surface area (Å²) < 4.78 is 4.64. The molecule has 0 saturated carbocycles. The van der Waals surface area contributed by atoms with E-state index in [1.807, 2.05) is 13.8 Å². The van der Waals surface area contributed by atoms with Gasteiger partial charge in [-0.15, -0.1) is 6.58 Å². The Kier molecular flexibility index (Phi) is 5.93. The van der Waals surface area contributed by atoms with Crippen LogP contribution in [0.2, 0.25) is 0 Å². The Balaban J connectivity index is 4.09. The molecule has 1 atom stereocenters. The second-order valence-corrected chi connectivity index (χ2v) is 3.82. The second-order valence-electron chi connectivity index (χ2n) is 3.82. The van der Waals surface area contributed by atoms with Crippen LogP contribution < -0.4 is 0 Å². The van der Waals surface area contributed by atoms with E-state index in [1.54, 1.807) is 0 Å². The van der Waals surface area contributed by atoms with Crippen molar-refractivity contribution in [2.75, 3.05) is 7.11 Å². The van der Waals surface area contributed by atoms with Gasteiger partial charge in [-0.05, 0) is 32.6 Å². The molecule has 0 rings (SSSR count). The number of hydrogen-bond donors (Lipinski definition) is 0. The summed E-state index contributed by atoms with van der Waals surface area (Å²) in [7, 11) is 1.41. The zero-order valence-electron chi connectivity index (χ0n) is 9.43. The molecule has 1 unspecified atom stereocenters. The predicted octanol–water partition coefficient (Wildman–Crippen LogP) is 3.10. The van der Waals surface area contributed by atoms with Crippen molar-refractivity contribution in [3.63, 3.8) is 0 Å². The molecule has 2 heteroatoms. The van der Waals surface area contributed by atoms with E-state index in [1.165, 1.54) is 7.11 Å². The molecule has 0 spiro atoms. The van der Waals surface area contributed by atoms with Crippen LogP contribution in [0.4, 0.5) is 0 Å². The van der Waals surface area contributed by atoms with E-state index in [-0.39, 0.29) is 11.9 Å². The van der Waals surface area contributed by atoms with Crippen molar-refractivity contribution < 1.29 is 9.53 Å². The first-order valence-electron chi connectivity index (χ1n) is 4.84. The van der Waals surface area contributed by atoms with Gasteiger partial charge in [0.15, 0.2) is 0 Å². The van der Waals surface area contributed by atoms with Gasteiger partial charge in [-0.1, -0.05) is 17.7 Å². The van der Waals surface area contributed by atoms with Crippen molar-refractivity contribution in [2.45, 2.75) is 33.1 Å². The van der Waals surface area contributed by atoms with Crippen molar-refractivity contribution in [1.29, 1.82) is 0 Å². The molecule has 0 radical (unpaired) electrons. The Morgan fingerprint density at radius 1 is 1.36 bits per heavy atom. The topological polar surface area (TPSA) is 26.3 Å². The average Bonchev–Trinajstić information content (AvgIpc) is 2.10. The van der Waals surface area contributed by atoms with Gasteiger partial charge in [0.1, 0.15) is 0 Å². The SMILES string of the molecule is C=C(C)CCC(CC(=O)OC)C(=C)C. The highest BCUT2D eigenvalue weighted by Gasteiger charge is 2.14. The molecule has 0 aromatic heterocycles. The molecular weight excluding hydrogens is 176 g/mol. The minimum absolute atomic E-state index is 0.167. The largest absolute Gasteiger partial charge is 0.469 e. The van der Waals surface area contributed by atoms with E-state index >= 15 is 0 Å². The molecule has 0 aliphatic rings. The molecule has 0 N–H and O–H groups in total. The quantitative estimate of drug-likeness (QED) is 0.482. The molecule has 14 heavy (non-hydrogen) atoms. The van der Waals surface area contributed by atoms with E-state index < -0.39 is 0 Å². The number of methoxy groups -OCH3 is 1. The van der Waals surface area contributed by atoms with Crippen molar-refractivity contribution in [1.82, 2.24) is 0 Å². The second kappa shape index (κ2) is 6.41. The van der Waals surface area contributed by atoms with E-state index in [0.717, 1.165) is 24.0 Å². The average molecular weight is 196 g/mol. The van der Waals surface area contributed by atoms with Crippen LogP contribution in [0.1, 0.15) is 33.1 Å². The lowest BCUT2D eigenvalue weighted by Crippen LogP contribution is -2.11. The van der Waals surface area contributed by atoms with Crippen LogP contribution in [0.25, 0.3) is 0 Å². The van der Waals surface area contributed by atoms with Gasteiger partial charge in [-0.3, -0.25) is 4.79 Å². The van der Waals surface area contributed by atoms with Crippen molar-refractivity contribution in [3.8, 4) is 0 Å². The van der Waals surface area contributed by atoms with E-state index in [0.29, 0.717) is 6.42 Å². The first kappa shape index (κ1) is 12.9. The van der Waals surface area contributed by atoms with Crippen LogP contribution in [0.3, 0.4) is 0 Å². The fourth-order valence-electron chi connectivity index (χ4n) is 1.23. The first-order chi connectivity index (χ1) is 6.47. The summed E-state index contributed by atoms with van der Waals surface area (Å²) in [6.45, 7) is 11.7. The maximum absolute atomic E-state index is 11.1. The number of esters is 1. The monoisotopic (exact) mass is 196 g/mol. The minimum atomic E-state index is -0.167. The Morgan fingerprint density at radius 3 is 2.29 bits per heavy atom. The lowest BCUT2D eigenvalue weighted by molar-refractivity contribution is -0.141. The van der Waals surface area contributed by atoms with Crippen LogP contribution in [0.15, 0.2) is 24.3 Å². The third kappa shape index (κ3) is 5.57. The summed E-state index contributed by atoms with van der Waals surface area (Å²) in [6, 6.07) is 0. The summed E-state index contributed by atoms with van der Waals surface area (Å²) >= 11 is 0. The lowest BCUT2D eigenvalue weighted by atomic mass is 9.91. The standard InChI is InChI=1S/C12H20O2/c1-9(2)6-7-11(10(3)4)8-12(13)14-5/h11H,1,3,6-8H2,2,4-5H3. The highest BCUT2D eigenvalue weighted by atomic mass is 16.5. The highest BCUT2D eigenvalue weighted by Crippen LogP contribution is 2.21. The maximum Gasteiger partial charge on any atom is 0.306 e. The summed E-state index contributed by atoms with van der Waals surface area (Å²) in [5.41, 5.74) is 2.18. The van der Waals surface area contributed by atoms with Crippen molar-refractivity contribution in [3.05, 3.63) is 24.3 Å². The summed E-state index contributed by atoms with van der Waals surface area (Å²) in [4.78, 5) is 11.1. The number of ether oxygens (including phenoxy) is 1. The first-order valence-corrected chi connectivity index (χ1v) is 4.84. The fourth-order valence-corrected chi connectivity index (χ4v) is 1.23. The number of hydrogen-bond acceptors (Lipinski definition) is 2. The zero-order valence-corrected chi connectivity index (χ0v) is 9.43. The zero-order chi connectivity index (χ0) is 11.1. The Bertz CT molecular complexity index is 228. The van der Waals surface area contributed by atoms with Crippen LogP contribution in [-0.4, -0.2) is 13.1 Å². The molecule has 80 valence electrons. The number of carbonyl (C=O) groups excluding carboxylic acids is 1. The van der Waals surface area contributed by atoms with Gasteiger partial charge in [0, 0.05) is 0 Å². The lowest BCUT2D eigenvalue weighted by Gasteiger charge is -2.15. The maximum atomic E-state index is 11.1. The Labute approximate surface area is 86.6 Å². The fraction of sp³-hybridized carbons (Fsp3) is 0.583. The molecule has 0 fully saturated rings. The smallest absolute Gasteiger partial charge is 0.306 e. The van der Waals surface area contributed by atoms with Gasteiger partial charge in [-0.2, -0.15) is 0 Å². The van der Waals surface area contributed by atoms with Gasteiger partial charge >= 0.3 is 5.97 Å². The summed E-state index contributed by atoms with van der Waals surface area (Å²) in [5, 5.41) is 0. The van der Waals surface area contributed by atoms with E-state index in [9.17, 15) is 4.79 Å². The minimum Gasteiger partial charge on any atom is -0.469 e. The Hall–Kier alpha value is -1.05. The normalized spacial score (nSPS) is 11.9. The number of allylic oxidation sites excluding steroid dienone is 2. The summed E-state index contributed by atoms with van der Waals surface area (Å²) in [5.74, 6) is 0.0545. The molecular formula is C12H20O2. The molecule has 0 amide bonds. The van der Waals surface area contributed by atoms with Gasteiger partial charge < -0.3 is 4.74 Å². The highest BCUT2D eigenvalue weighted by molar-refractivity contribution is 5.69. The molecule has 2 nitrogen and oxygen atoms in total. The van der Waals surface area contributed by atoms with Gasteiger partial charge in [0.05, 0.1) is 13.5 Å². The van der Waals surface area contributed by atoms with Crippen LogP contribution >= 0.6 is 0 Å². The summed E-state index contributed by atoms with van der Waals surface area (Å²) in [6.07, 6.45) is 2.30. The molecule has 0 bridgehead atoms.